The second kappa shape index (κ2) is 8.93. The van der Waals surface area contributed by atoms with Gasteiger partial charge in [0.1, 0.15) is 5.52 Å². The molecule has 0 unspecified atom stereocenters. The summed E-state index contributed by atoms with van der Waals surface area (Å²) in [5.41, 5.74) is 3.03. The fourth-order valence-corrected chi connectivity index (χ4v) is 4.27. The number of methoxy groups -OCH3 is 3. The van der Waals surface area contributed by atoms with Gasteiger partial charge in [-0.05, 0) is 43.7 Å². The number of aromatic nitrogens is 3. The quantitative estimate of drug-likeness (QED) is 0.557. The van der Waals surface area contributed by atoms with Crippen molar-refractivity contribution in [3.63, 3.8) is 0 Å². The van der Waals surface area contributed by atoms with Crippen molar-refractivity contribution >= 4 is 16.9 Å². The molecule has 3 aromatic rings. The highest BCUT2D eigenvalue weighted by molar-refractivity contribution is 6.07. The summed E-state index contributed by atoms with van der Waals surface area (Å²) >= 11 is 0. The SMILES string of the molecule is COc1cc(-c2cnc3[nH]cc(C(=O)C4CCC(CO)CC4)c3n2)cc(OC)c1OC. The third-order valence-electron chi connectivity index (χ3n) is 6.08. The first kappa shape index (κ1) is 21.1. The van der Waals surface area contributed by atoms with Gasteiger partial charge in [0.05, 0.1) is 38.8 Å². The van der Waals surface area contributed by atoms with Crippen LogP contribution in [0.15, 0.2) is 24.5 Å². The molecule has 31 heavy (non-hydrogen) atoms. The number of Topliss-reactive ketones (excluding diaryl/α,β-unsaturated/α-hetero) is 1. The molecule has 1 aliphatic carbocycles. The van der Waals surface area contributed by atoms with Gasteiger partial charge >= 0.3 is 0 Å². The average molecular weight is 425 g/mol. The second-order valence-electron chi connectivity index (χ2n) is 7.83. The Morgan fingerprint density at radius 3 is 2.35 bits per heavy atom. The van der Waals surface area contributed by atoms with Crippen molar-refractivity contribution in [2.75, 3.05) is 27.9 Å². The van der Waals surface area contributed by atoms with Gasteiger partial charge in [-0.1, -0.05) is 0 Å². The van der Waals surface area contributed by atoms with E-state index >= 15 is 0 Å². The molecule has 8 nitrogen and oxygen atoms in total. The van der Waals surface area contributed by atoms with Crippen molar-refractivity contribution in [2.24, 2.45) is 11.8 Å². The zero-order valence-electron chi connectivity index (χ0n) is 18.0. The minimum atomic E-state index is -0.0477. The van der Waals surface area contributed by atoms with Crippen molar-refractivity contribution in [1.82, 2.24) is 15.0 Å². The van der Waals surface area contributed by atoms with Crippen LogP contribution in [0.5, 0.6) is 17.2 Å². The minimum Gasteiger partial charge on any atom is -0.493 e. The molecule has 164 valence electrons. The number of carbonyl (C=O) groups is 1. The summed E-state index contributed by atoms with van der Waals surface area (Å²) in [6.07, 6.45) is 6.67. The van der Waals surface area contributed by atoms with E-state index in [1.54, 1.807) is 33.7 Å². The normalized spacial score (nSPS) is 18.7. The molecule has 2 aromatic heterocycles. The zero-order chi connectivity index (χ0) is 22.0. The molecule has 0 amide bonds. The maximum atomic E-state index is 13.2. The molecule has 0 saturated heterocycles. The summed E-state index contributed by atoms with van der Waals surface area (Å²) in [5.74, 6) is 1.87. The largest absolute Gasteiger partial charge is 0.493 e. The third kappa shape index (κ3) is 3.95. The molecule has 0 radical (unpaired) electrons. The molecule has 8 heteroatoms. The molecule has 2 heterocycles. The Bertz CT molecular complexity index is 1060. The van der Waals surface area contributed by atoms with Gasteiger partial charge in [-0.3, -0.25) is 4.79 Å². The number of aliphatic hydroxyl groups is 1. The molecular weight excluding hydrogens is 398 g/mol. The molecule has 1 fully saturated rings. The van der Waals surface area contributed by atoms with Crippen LogP contribution in [0, 0.1) is 11.8 Å². The molecule has 2 N–H and O–H groups in total. The number of carbonyl (C=O) groups excluding carboxylic acids is 1. The Morgan fingerprint density at radius 2 is 1.77 bits per heavy atom. The van der Waals surface area contributed by atoms with Crippen molar-refractivity contribution in [2.45, 2.75) is 25.7 Å². The molecule has 1 saturated carbocycles. The number of ketones is 1. The summed E-state index contributed by atoms with van der Waals surface area (Å²) in [4.78, 5) is 25.5. The molecular formula is C23H27N3O5. The number of nitrogens with zero attached hydrogens (tertiary/aromatic N) is 2. The van der Waals surface area contributed by atoms with Crippen molar-refractivity contribution in [1.29, 1.82) is 0 Å². The van der Waals surface area contributed by atoms with Crippen LogP contribution < -0.4 is 14.2 Å². The molecule has 1 aliphatic rings. The molecule has 1 aromatic carbocycles. The van der Waals surface area contributed by atoms with E-state index in [1.807, 2.05) is 12.1 Å². The Morgan fingerprint density at radius 1 is 1.10 bits per heavy atom. The summed E-state index contributed by atoms with van der Waals surface area (Å²) in [6.45, 7) is 0.192. The molecule has 0 bridgehead atoms. The number of aliphatic hydroxyl groups excluding tert-OH is 1. The van der Waals surface area contributed by atoms with E-state index < -0.39 is 0 Å². The molecule has 4 rings (SSSR count). The fraction of sp³-hybridized carbons (Fsp3) is 0.435. The van der Waals surface area contributed by atoms with Gasteiger partial charge in [0, 0.05) is 24.3 Å². The van der Waals surface area contributed by atoms with Crippen molar-refractivity contribution in [3.8, 4) is 28.5 Å². The smallest absolute Gasteiger partial charge is 0.203 e. The number of aromatic amines is 1. The van der Waals surface area contributed by atoms with Crippen LogP contribution in [0.4, 0.5) is 0 Å². The van der Waals surface area contributed by atoms with Crippen LogP contribution in [0.3, 0.4) is 0 Å². The van der Waals surface area contributed by atoms with E-state index in [1.165, 1.54) is 0 Å². The van der Waals surface area contributed by atoms with E-state index in [0.29, 0.717) is 45.6 Å². The van der Waals surface area contributed by atoms with E-state index in [2.05, 4.69) is 9.97 Å². The summed E-state index contributed by atoms with van der Waals surface area (Å²) in [7, 11) is 4.67. The van der Waals surface area contributed by atoms with Crippen molar-refractivity contribution < 1.29 is 24.1 Å². The molecule has 0 atom stereocenters. The van der Waals surface area contributed by atoms with Crippen LogP contribution in [0.25, 0.3) is 22.4 Å². The number of rotatable bonds is 7. The van der Waals surface area contributed by atoms with Crippen LogP contribution in [0.2, 0.25) is 0 Å². The highest BCUT2D eigenvalue weighted by Crippen LogP contribution is 2.41. The van der Waals surface area contributed by atoms with Gasteiger partial charge in [0.15, 0.2) is 22.9 Å². The number of nitrogens with one attached hydrogen (secondary N) is 1. The Labute approximate surface area is 180 Å². The van der Waals surface area contributed by atoms with Crippen molar-refractivity contribution in [3.05, 3.63) is 30.1 Å². The lowest BCUT2D eigenvalue weighted by Gasteiger charge is -2.26. The maximum Gasteiger partial charge on any atom is 0.203 e. The molecule has 0 aliphatic heterocycles. The number of hydrogen-bond acceptors (Lipinski definition) is 7. The number of H-pyrrole nitrogens is 1. The van der Waals surface area contributed by atoms with Crippen LogP contribution in [-0.4, -0.2) is 53.8 Å². The van der Waals surface area contributed by atoms with E-state index in [-0.39, 0.29) is 18.3 Å². The summed E-state index contributed by atoms with van der Waals surface area (Å²) in [5, 5.41) is 9.35. The van der Waals surface area contributed by atoms with Gasteiger partial charge in [-0.2, -0.15) is 0 Å². The average Bonchev–Trinajstić information content (AvgIpc) is 3.25. The van der Waals surface area contributed by atoms with Crippen LogP contribution in [0.1, 0.15) is 36.0 Å². The van der Waals surface area contributed by atoms with Gasteiger partial charge in [0.25, 0.3) is 0 Å². The van der Waals surface area contributed by atoms with Crippen LogP contribution >= 0.6 is 0 Å². The highest BCUT2D eigenvalue weighted by Gasteiger charge is 2.29. The third-order valence-corrected chi connectivity index (χ3v) is 6.08. The highest BCUT2D eigenvalue weighted by atomic mass is 16.5. The predicted octanol–water partition coefficient (Wildman–Crippen LogP) is 3.63. The second-order valence-corrected chi connectivity index (χ2v) is 7.83. The zero-order valence-corrected chi connectivity index (χ0v) is 18.0. The van der Waals surface area contributed by atoms with Crippen LogP contribution in [-0.2, 0) is 0 Å². The van der Waals surface area contributed by atoms with Gasteiger partial charge in [-0.25, -0.2) is 9.97 Å². The molecule has 0 spiro atoms. The minimum absolute atomic E-state index is 0.0477. The Kier molecular flexibility index (Phi) is 6.08. The summed E-state index contributed by atoms with van der Waals surface area (Å²) < 4.78 is 16.3. The summed E-state index contributed by atoms with van der Waals surface area (Å²) in [6, 6.07) is 3.61. The predicted molar refractivity (Wildman–Crippen MR) is 116 cm³/mol. The number of fused-ring (bicyclic) bond motifs is 1. The Balaban J connectivity index is 1.70. The van der Waals surface area contributed by atoms with Gasteiger partial charge in [-0.15, -0.1) is 0 Å². The number of ether oxygens (including phenoxy) is 3. The van der Waals surface area contributed by atoms with E-state index in [9.17, 15) is 9.90 Å². The fourth-order valence-electron chi connectivity index (χ4n) is 4.27. The first-order valence-electron chi connectivity index (χ1n) is 10.4. The van der Waals surface area contributed by atoms with Gasteiger partial charge in [0.2, 0.25) is 5.75 Å². The van der Waals surface area contributed by atoms with Gasteiger partial charge < -0.3 is 24.3 Å². The van der Waals surface area contributed by atoms with E-state index in [4.69, 9.17) is 19.2 Å². The first-order chi connectivity index (χ1) is 15.1. The first-order valence-corrected chi connectivity index (χ1v) is 10.4. The lowest BCUT2D eigenvalue weighted by Crippen LogP contribution is -2.23. The standard InChI is InChI=1S/C23H27N3O5/c1-29-18-8-15(9-19(30-2)22(18)31-3)17-11-25-23-20(26-17)16(10-24-23)21(28)14-6-4-13(12-27)5-7-14/h8-11,13-14,27H,4-7,12H2,1-3H3,(H,24,25). The monoisotopic (exact) mass is 425 g/mol. The number of benzene rings is 1. The van der Waals surface area contributed by atoms with E-state index in [0.717, 1.165) is 31.2 Å². The Hall–Kier alpha value is -3.13. The topological polar surface area (TPSA) is 107 Å². The lowest BCUT2D eigenvalue weighted by atomic mass is 9.79. The number of hydrogen-bond donors (Lipinski definition) is 2. The lowest BCUT2D eigenvalue weighted by molar-refractivity contribution is 0.0848. The maximum absolute atomic E-state index is 13.2.